The Bertz CT molecular complexity index is 342. The summed E-state index contributed by atoms with van der Waals surface area (Å²) in [5, 5.41) is 3.29. The largest absolute Gasteiger partial charge is 0.487 e. The van der Waals surface area contributed by atoms with Crippen LogP contribution in [0.5, 0.6) is 5.75 Å². The fourth-order valence-corrected chi connectivity index (χ4v) is 1.86. The molecule has 0 radical (unpaired) electrons. The van der Waals surface area contributed by atoms with Crippen LogP contribution in [0.15, 0.2) is 31.0 Å². The lowest BCUT2D eigenvalue weighted by atomic mass is 10.4. The van der Waals surface area contributed by atoms with Crippen LogP contribution in [0.2, 0.25) is 0 Å². The van der Waals surface area contributed by atoms with Gasteiger partial charge in [-0.1, -0.05) is 6.08 Å². The maximum atomic E-state index is 5.68. The van der Waals surface area contributed by atoms with Gasteiger partial charge in [0.1, 0.15) is 0 Å². The second-order valence-electron chi connectivity index (χ2n) is 3.81. The van der Waals surface area contributed by atoms with E-state index < -0.39 is 0 Å². The number of anilines is 1. The van der Waals surface area contributed by atoms with Gasteiger partial charge >= 0.3 is 0 Å². The molecule has 1 N–H and O–H groups in total. The van der Waals surface area contributed by atoms with Crippen LogP contribution in [-0.4, -0.2) is 29.1 Å². The topological polar surface area (TPSA) is 34.2 Å². The Balaban J connectivity index is 2.43. The number of rotatable bonds is 8. The lowest BCUT2D eigenvalue weighted by Crippen LogP contribution is -2.11. The van der Waals surface area contributed by atoms with Gasteiger partial charge in [-0.25, -0.2) is 4.98 Å². The zero-order valence-electron chi connectivity index (χ0n) is 10.5. The highest BCUT2D eigenvalue weighted by Gasteiger charge is 2.05. The summed E-state index contributed by atoms with van der Waals surface area (Å²) in [6, 6.07) is 3.82. The lowest BCUT2D eigenvalue weighted by Gasteiger charge is -2.14. The summed E-state index contributed by atoms with van der Waals surface area (Å²) < 4.78 is 5.68. The first-order chi connectivity index (χ1) is 8.24. The van der Waals surface area contributed by atoms with E-state index in [2.05, 4.69) is 16.9 Å². The smallest absolute Gasteiger partial charge is 0.168 e. The molecule has 94 valence electrons. The van der Waals surface area contributed by atoms with Crippen molar-refractivity contribution in [2.24, 2.45) is 0 Å². The van der Waals surface area contributed by atoms with Crippen molar-refractivity contribution in [3.8, 4) is 5.75 Å². The van der Waals surface area contributed by atoms with Crippen molar-refractivity contribution in [2.75, 3.05) is 23.4 Å². The van der Waals surface area contributed by atoms with E-state index in [1.165, 1.54) is 0 Å². The van der Waals surface area contributed by atoms with Crippen LogP contribution < -0.4 is 10.1 Å². The van der Waals surface area contributed by atoms with E-state index in [1.54, 1.807) is 6.20 Å². The van der Waals surface area contributed by atoms with Gasteiger partial charge in [0.15, 0.2) is 11.6 Å². The number of pyridine rings is 1. The number of hydrogen-bond acceptors (Lipinski definition) is 4. The summed E-state index contributed by atoms with van der Waals surface area (Å²) >= 11 is 1.84. The van der Waals surface area contributed by atoms with Gasteiger partial charge in [-0.15, -0.1) is 6.58 Å². The zero-order chi connectivity index (χ0) is 12.5. The minimum Gasteiger partial charge on any atom is -0.487 e. The molecule has 0 unspecified atom stereocenters. The molecule has 4 heteroatoms. The minimum absolute atomic E-state index is 0.162. The van der Waals surface area contributed by atoms with Crippen molar-refractivity contribution in [3.05, 3.63) is 31.0 Å². The maximum absolute atomic E-state index is 5.68. The molecule has 1 aromatic heterocycles. The Morgan fingerprint density at radius 1 is 1.59 bits per heavy atom. The Kier molecular flexibility index (Phi) is 6.55. The monoisotopic (exact) mass is 252 g/mol. The van der Waals surface area contributed by atoms with Crippen molar-refractivity contribution in [2.45, 2.75) is 20.0 Å². The molecule has 0 saturated heterocycles. The van der Waals surface area contributed by atoms with E-state index >= 15 is 0 Å². The fourth-order valence-electron chi connectivity index (χ4n) is 1.28. The quantitative estimate of drug-likeness (QED) is 0.569. The van der Waals surface area contributed by atoms with Crippen molar-refractivity contribution >= 4 is 17.6 Å². The summed E-state index contributed by atoms with van der Waals surface area (Å²) in [5.41, 5.74) is 0. The van der Waals surface area contributed by atoms with E-state index in [1.807, 2.05) is 43.8 Å². The van der Waals surface area contributed by atoms with E-state index in [4.69, 9.17) is 4.74 Å². The summed E-state index contributed by atoms with van der Waals surface area (Å²) in [6.45, 7) is 8.59. The van der Waals surface area contributed by atoms with Crippen LogP contribution in [0, 0.1) is 0 Å². The van der Waals surface area contributed by atoms with Crippen LogP contribution in [-0.2, 0) is 0 Å². The van der Waals surface area contributed by atoms with Crippen LogP contribution in [0.4, 0.5) is 5.82 Å². The average Bonchev–Trinajstić information content (AvgIpc) is 2.30. The molecule has 1 rings (SSSR count). The standard InChI is InChI=1S/C13H20N2OS/c1-4-9-17-10-8-15-13-12(16-11(2)3)6-5-7-14-13/h4-7,11H,1,8-10H2,2-3H3,(H,14,15). The second kappa shape index (κ2) is 8.01. The van der Waals surface area contributed by atoms with Crippen molar-refractivity contribution < 1.29 is 4.74 Å². The first kappa shape index (κ1) is 13.9. The van der Waals surface area contributed by atoms with E-state index in [-0.39, 0.29) is 6.10 Å². The molecule has 0 saturated carbocycles. The SMILES string of the molecule is C=CCSCCNc1ncccc1OC(C)C. The molecule has 0 aromatic carbocycles. The average molecular weight is 252 g/mol. The second-order valence-corrected chi connectivity index (χ2v) is 4.96. The predicted octanol–water partition coefficient (Wildman–Crippen LogP) is 3.20. The highest BCUT2D eigenvalue weighted by molar-refractivity contribution is 7.99. The summed E-state index contributed by atoms with van der Waals surface area (Å²) in [6.07, 6.45) is 3.85. The molecule has 1 heterocycles. The first-order valence-corrected chi connectivity index (χ1v) is 6.93. The minimum atomic E-state index is 0.162. The molecule has 3 nitrogen and oxygen atoms in total. The fraction of sp³-hybridized carbons (Fsp3) is 0.462. The normalized spacial score (nSPS) is 10.3. The molecule has 0 amide bonds. The zero-order valence-corrected chi connectivity index (χ0v) is 11.3. The third-order valence-corrected chi connectivity index (χ3v) is 2.87. The van der Waals surface area contributed by atoms with Gasteiger partial charge in [-0.3, -0.25) is 0 Å². The number of nitrogens with zero attached hydrogens (tertiary/aromatic N) is 1. The summed E-state index contributed by atoms with van der Waals surface area (Å²) in [7, 11) is 0. The highest BCUT2D eigenvalue weighted by atomic mass is 32.2. The number of hydrogen-bond donors (Lipinski definition) is 1. The predicted molar refractivity (Wildman–Crippen MR) is 76.0 cm³/mol. The molecular formula is C13H20N2OS. The van der Waals surface area contributed by atoms with Crippen LogP contribution in [0.3, 0.4) is 0 Å². The van der Waals surface area contributed by atoms with Crippen molar-refractivity contribution in [3.63, 3.8) is 0 Å². The Labute approximate surface area is 108 Å². The van der Waals surface area contributed by atoms with Crippen LogP contribution in [0.25, 0.3) is 0 Å². The molecule has 0 aliphatic carbocycles. The summed E-state index contributed by atoms with van der Waals surface area (Å²) in [4.78, 5) is 4.28. The van der Waals surface area contributed by atoms with Gasteiger partial charge in [0.2, 0.25) is 0 Å². The number of aromatic nitrogens is 1. The van der Waals surface area contributed by atoms with Gasteiger partial charge in [-0.2, -0.15) is 11.8 Å². The summed E-state index contributed by atoms with van der Waals surface area (Å²) in [5.74, 6) is 3.65. The molecule has 0 spiro atoms. The first-order valence-electron chi connectivity index (χ1n) is 5.78. The van der Waals surface area contributed by atoms with Gasteiger partial charge in [-0.05, 0) is 26.0 Å². The Morgan fingerprint density at radius 3 is 3.12 bits per heavy atom. The number of ether oxygens (including phenoxy) is 1. The van der Waals surface area contributed by atoms with Gasteiger partial charge in [0, 0.05) is 24.2 Å². The molecule has 17 heavy (non-hydrogen) atoms. The van der Waals surface area contributed by atoms with Gasteiger partial charge < -0.3 is 10.1 Å². The molecule has 0 fully saturated rings. The van der Waals surface area contributed by atoms with Crippen molar-refractivity contribution in [1.29, 1.82) is 0 Å². The van der Waals surface area contributed by atoms with Gasteiger partial charge in [0.25, 0.3) is 0 Å². The maximum Gasteiger partial charge on any atom is 0.168 e. The molecule has 0 bridgehead atoms. The third-order valence-electron chi connectivity index (χ3n) is 1.91. The highest BCUT2D eigenvalue weighted by Crippen LogP contribution is 2.21. The van der Waals surface area contributed by atoms with Crippen molar-refractivity contribution in [1.82, 2.24) is 4.98 Å². The van der Waals surface area contributed by atoms with E-state index in [0.29, 0.717) is 0 Å². The van der Waals surface area contributed by atoms with Crippen LogP contribution >= 0.6 is 11.8 Å². The molecule has 0 atom stereocenters. The number of thioether (sulfide) groups is 1. The molecule has 0 aliphatic rings. The Hall–Kier alpha value is -1.16. The van der Waals surface area contributed by atoms with Gasteiger partial charge in [0.05, 0.1) is 6.10 Å². The van der Waals surface area contributed by atoms with E-state index in [9.17, 15) is 0 Å². The third kappa shape index (κ3) is 5.63. The number of nitrogens with one attached hydrogen (secondary N) is 1. The molecule has 0 aliphatic heterocycles. The molecular weight excluding hydrogens is 232 g/mol. The lowest BCUT2D eigenvalue weighted by molar-refractivity contribution is 0.243. The van der Waals surface area contributed by atoms with E-state index in [0.717, 1.165) is 29.6 Å². The van der Waals surface area contributed by atoms with Crippen LogP contribution in [0.1, 0.15) is 13.8 Å². The molecule has 1 aromatic rings. The Morgan fingerprint density at radius 2 is 2.41 bits per heavy atom.